The Morgan fingerprint density at radius 1 is 0.926 bits per heavy atom. The number of nitrogens with one attached hydrogen (secondary N) is 1. The van der Waals surface area contributed by atoms with Crippen LogP contribution in [0.1, 0.15) is 79.9 Å². The molecule has 4 aromatic rings. The second-order valence-corrected chi connectivity index (χ2v) is 14.9. The Kier molecular flexibility index (Phi) is 11.5. The Morgan fingerprint density at radius 3 is 2.31 bits per heavy atom. The fourth-order valence-corrected chi connectivity index (χ4v) is 7.52. The summed E-state index contributed by atoms with van der Waals surface area (Å²) in [6.07, 6.45) is -2.31. The van der Waals surface area contributed by atoms with E-state index in [0.717, 1.165) is 46.8 Å². The fraction of sp³-hybridized carbons (Fsp3) is 0.415. The fourth-order valence-electron chi connectivity index (χ4n) is 7.20. The number of methoxy groups -OCH3 is 2. The van der Waals surface area contributed by atoms with Gasteiger partial charge in [-0.1, -0.05) is 54.1 Å². The molecular formula is C41H43ClF3N3O6. The average molecular weight is 766 g/mol. The first-order valence-corrected chi connectivity index (χ1v) is 18.3. The summed E-state index contributed by atoms with van der Waals surface area (Å²) in [4.78, 5) is 32.2. The van der Waals surface area contributed by atoms with Crippen molar-refractivity contribution in [3.63, 3.8) is 0 Å². The van der Waals surface area contributed by atoms with Crippen LogP contribution in [-0.4, -0.2) is 47.6 Å². The number of hydrogen-bond donors (Lipinski definition) is 2. The van der Waals surface area contributed by atoms with E-state index in [1.165, 1.54) is 21.0 Å². The number of fused-ring (bicyclic) bond motifs is 1. The SMILES string of the molecule is COc1nc(-c2cccc(-c3cccc4c3CC[C@@H]4Oc3nc(OC)c(CCC(C)(C)C(=O)O)cc3C(F)(F)F)c2Cl)ccc1CNC[C@@H]1CCC(=O)C1. The van der Waals surface area contributed by atoms with E-state index in [1.54, 1.807) is 7.11 Å². The largest absolute Gasteiger partial charge is 0.481 e. The van der Waals surface area contributed by atoms with Crippen LogP contribution >= 0.6 is 11.6 Å². The first-order chi connectivity index (χ1) is 25.7. The molecule has 0 radical (unpaired) electrons. The van der Waals surface area contributed by atoms with Crippen molar-refractivity contribution < 1.29 is 42.1 Å². The first-order valence-electron chi connectivity index (χ1n) is 17.9. The van der Waals surface area contributed by atoms with Gasteiger partial charge in [0.05, 0.1) is 30.4 Å². The number of alkyl halides is 3. The lowest BCUT2D eigenvalue weighted by Crippen LogP contribution is -2.24. The van der Waals surface area contributed by atoms with E-state index in [1.807, 2.05) is 48.5 Å². The number of Topliss-reactive ketones (excluding diaryl/α,β-unsaturated/α-hetero) is 1. The minimum atomic E-state index is -4.79. The van der Waals surface area contributed by atoms with Crippen LogP contribution in [0.2, 0.25) is 5.02 Å². The van der Waals surface area contributed by atoms with Crippen molar-refractivity contribution in [1.82, 2.24) is 15.3 Å². The van der Waals surface area contributed by atoms with Gasteiger partial charge in [0.2, 0.25) is 17.6 Å². The van der Waals surface area contributed by atoms with Crippen molar-refractivity contribution in [2.75, 3.05) is 20.8 Å². The lowest BCUT2D eigenvalue weighted by Gasteiger charge is -2.22. The molecule has 286 valence electrons. The molecule has 2 N–H and O–H groups in total. The topological polar surface area (TPSA) is 120 Å². The third-order valence-corrected chi connectivity index (χ3v) is 10.8. The van der Waals surface area contributed by atoms with Gasteiger partial charge in [-0.25, -0.2) is 4.98 Å². The zero-order valence-corrected chi connectivity index (χ0v) is 31.4. The maximum absolute atomic E-state index is 14.4. The standard InChI is InChI=1S/C41H43ClF3N3O6/c1-40(2,39(50)51)18-17-24-20-32(41(43,44)45)38(48-36(24)52-3)54-34-16-14-28-27(7-5-8-29(28)34)30-9-6-10-31(35(30)42)33-15-12-25(37(47-33)53-4)22-46-21-23-11-13-26(49)19-23/h5-10,12,15,20,23,34,46H,11,13-14,16-19,21-22H2,1-4H3,(H,50,51)/t23-,34+/m1/s1. The number of carboxylic acid groups (broad SMARTS) is 1. The molecule has 2 aliphatic carbocycles. The lowest BCUT2D eigenvalue weighted by molar-refractivity contribution is -0.147. The quantitative estimate of drug-likeness (QED) is 0.130. The van der Waals surface area contributed by atoms with Crippen molar-refractivity contribution in [3.8, 4) is 40.0 Å². The molecule has 0 spiro atoms. The van der Waals surface area contributed by atoms with Gasteiger partial charge in [0.15, 0.2) is 0 Å². The van der Waals surface area contributed by atoms with Gasteiger partial charge >= 0.3 is 12.1 Å². The number of aromatic nitrogens is 2. The summed E-state index contributed by atoms with van der Waals surface area (Å²) in [7, 11) is 2.87. The molecule has 0 unspecified atom stereocenters. The molecule has 13 heteroatoms. The van der Waals surface area contributed by atoms with Gasteiger partial charge in [0.1, 0.15) is 17.5 Å². The number of aryl methyl sites for hydroxylation is 1. The number of nitrogens with zero attached hydrogens (tertiary/aromatic N) is 2. The molecule has 54 heavy (non-hydrogen) atoms. The maximum Gasteiger partial charge on any atom is 0.421 e. The van der Waals surface area contributed by atoms with Crippen LogP contribution in [-0.2, 0) is 35.2 Å². The smallest absolute Gasteiger partial charge is 0.421 e. The van der Waals surface area contributed by atoms with Crippen LogP contribution in [0, 0.1) is 11.3 Å². The number of hydrogen-bond acceptors (Lipinski definition) is 8. The molecular weight excluding hydrogens is 723 g/mol. The highest BCUT2D eigenvalue weighted by Crippen LogP contribution is 2.46. The van der Waals surface area contributed by atoms with Crippen molar-refractivity contribution in [2.45, 2.75) is 77.6 Å². The normalized spacial score (nSPS) is 17.1. The van der Waals surface area contributed by atoms with Gasteiger partial charge in [0, 0.05) is 41.6 Å². The summed E-state index contributed by atoms with van der Waals surface area (Å²) in [5.74, 6) is -0.580. The van der Waals surface area contributed by atoms with Crippen LogP contribution in [0.25, 0.3) is 22.4 Å². The van der Waals surface area contributed by atoms with E-state index in [0.29, 0.717) is 66.1 Å². The maximum atomic E-state index is 14.4. The van der Waals surface area contributed by atoms with Gasteiger partial charge in [-0.15, -0.1) is 0 Å². The highest BCUT2D eigenvalue weighted by atomic mass is 35.5. The molecule has 0 aliphatic heterocycles. The zero-order chi connectivity index (χ0) is 38.8. The number of ketones is 1. The Hall–Kier alpha value is -4.68. The average Bonchev–Trinajstić information content (AvgIpc) is 3.75. The van der Waals surface area contributed by atoms with Crippen LogP contribution in [0.15, 0.2) is 54.6 Å². The van der Waals surface area contributed by atoms with Crippen molar-refractivity contribution >= 4 is 23.4 Å². The molecule has 6 rings (SSSR count). The summed E-state index contributed by atoms with van der Waals surface area (Å²) in [6, 6.07) is 16.0. The second-order valence-electron chi connectivity index (χ2n) is 14.5. The Bertz CT molecular complexity index is 2050. The minimum Gasteiger partial charge on any atom is -0.481 e. The van der Waals surface area contributed by atoms with Gasteiger partial charge in [-0.2, -0.15) is 18.2 Å². The minimum absolute atomic E-state index is 0.0162. The number of carbonyl (C=O) groups excluding carboxylic acids is 1. The molecule has 2 atom stereocenters. The first kappa shape index (κ1) is 39.0. The summed E-state index contributed by atoms with van der Waals surface area (Å²) in [6.45, 7) is 4.31. The molecule has 2 aliphatic rings. The number of aliphatic carboxylic acids is 1. The van der Waals surface area contributed by atoms with Crippen LogP contribution in [0.3, 0.4) is 0 Å². The molecule has 2 heterocycles. The predicted octanol–water partition coefficient (Wildman–Crippen LogP) is 9.07. The monoisotopic (exact) mass is 765 g/mol. The molecule has 1 fully saturated rings. The number of pyridine rings is 2. The third-order valence-electron chi connectivity index (χ3n) is 10.4. The number of carbonyl (C=O) groups is 2. The van der Waals surface area contributed by atoms with Crippen molar-refractivity contribution in [3.05, 3.63) is 87.4 Å². The van der Waals surface area contributed by atoms with Crippen LogP contribution in [0.4, 0.5) is 13.2 Å². The Labute approximate surface area is 317 Å². The Balaban J connectivity index is 1.25. The summed E-state index contributed by atoms with van der Waals surface area (Å²) in [5.41, 5.74) is 3.34. The number of ether oxygens (including phenoxy) is 3. The van der Waals surface area contributed by atoms with E-state index >= 15 is 0 Å². The Morgan fingerprint density at radius 2 is 1.63 bits per heavy atom. The molecule has 2 aromatic carbocycles. The van der Waals surface area contributed by atoms with E-state index in [-0.39, 0.29) is 24.3 Å². The molecule has 0 bridgehead atoms. The van der Waals surface area contributed by atoms with E-state index < -0.39 is 35.1 Å². The second kappa shape index (κ2) is 16.0. The van der Waals surface area contributed by atoms with Crippen LogP contribution in [0.5, 0.6) is 17.6 Å². The van der Waals surface area contributed by atoms with E-state index in [2.05, 4.69) is 10.3 Å². The van der Waals surface area contributed by atoms with Crippen molar-refractivity contribution in [2.24, 2.45) is 11.3 Å². The highest BCUT2D eigenvalue weighted by molar-refractivity contribution is 6.36. The number of rotatable bonds is 14. The van der Waals surface area contributed by atoms with Gasteiger partial charge in [-0.05, 0) is 87.2 Å². The molecule has 2 aromatic heterocycles. The molecule has 9 nitrogen and oxygen atoms in total. The molecule has 0 amide bonds. The highest BCUT2D eigenvalue weighted by Gasteiger charge is 2.39. The van der Waals surface area contributed by atoms with Crippen molar-refractivity contribution in [1.29, 1.82) is 0 Å². The lowest BCUT2D eigenvalue weighted by atomic mass is 9.86. The predicted molar refractivity (Wildman–Crippen MR) is 198 cm³/mol. The van der Waals surface area contributed by atoms with E-state index in [4.69, 9.17) is 30.8 Å². The summed E-state index contributed by atoms with van der Waals surface area (Å²) >= 11 is 7.11. The van der Waals surface area contributed by atoms with E-state index in [9.17, 15) is 27.9 Å². The summed E-state index contributed by atoms with van der Waals surface area (Å²) in [5, 5.41) is 13.4. The van der Waals surface area contributed by atoms with Gasteiger partial charge in [0.25, 0.3) is 0 Å². The summed E-state index contributed by atoms with van der Waals surface area (Å²) < 4.78 is 60.4. The number of halogens is 4. The molecule has 0 saturated heterocycles. The van der Waals surface area contributed by atoms with Gasteiger partial charge < -0.3 is 24.6 Å². The molecule has 1 saturated carbocycles. The number of carboxylic acids is 1. The number of benzene rings is 2. The zero-order valence-electron chi connectivity index (χ0n) is 30.6. The van der Waals surface area contributed by atoms with Gasteiger partial charge in [-0.3, -0.25) is 9.59 Å². The van der Waals surface area contributed by atoms with Crippen LogP contribution < -0.4 is 19.5 Å². The third kappa shape index (κ3) is 8.34.